The van der Waals surface area contributed by atoms with Gasteiger partial charge in [0.05, 0.1) is 10.2 Å². The molecule has 0 aliphatic carbocycles. The van der Waals surface area contributed by atoms with Crippen LogP contribution in [0.5, 0.6) is 0 Å². The Morgan fingerprint density at radius 1 is 1.14 bits per heavy atom. The molecular weight excluding hydrogens is 312 g/mol. The maximum absolute atomic E-state index is 11.8. The van der Waals surface area contributed by atoms with E-state index in [0.29, 0.717) is 0 Å². The molecule has 0 atom stereocenters. The lowest BCUT2D eigenvalue weighted by atomic mass is 10.1. The number of rotatable bonds is 4. The predicted octanol–water partition coefficient (Wildman–Crippen LogP) is 4.29. The summed E-state index contributed by atoms with van der Waals surface area (Å²) in [5.74, 6) is 0.890. The third-order valence-electron chi connectivity index (χ3n) is 3.24. The third-order valence-corrected chi connectivity index (χ3v) is 5.49. The Labute approximate surface area is 138 Å². The Balaban J connectivity index is 1.67. The first-order valence-corrected chi connectivity index (χ1v) is 8.72. The minimum atomic E-state index is 0.0328. The van der Waals surface area contributed by atoms with Gasteiger partial charge < -0.3 is 4.90 Å². The summed E-state index contributed by atoms with van der Waals surface area (Å²) < 4.78 is 2.30. The number of hydrogen-bond donors (Lipinski definition) is 0. The van der Waals surface area contributed by atoms with Crippen molar-refractivity contribution in [3.8, 4) is 0 Å². The summed E-state index contributed by atoms with van der Waals surface area (Å²) in [5.41, 5.74) is 2.97. The van der Waals surface area contributed by atoms with Gasteiger partial charge in [-0.2, -0.15) is 0 Å². The lowest BCUT2D eigenvalue weighted by Crippen LogP contribution is -2.21. The number of para-hydroxylation sites is 1. The van der Waals surface area contributed by atoms with Crippen LogP contribution in [-0.4, -0.2) is 29.9 Å². The monoisotopic (exact) mass is 328 g/mol. The van der Waals surface area contributed by atoms with Gasteiger partial charge in [-0.3, -0.25) is 4.79 Å². The normalized spacial score (nSPS) is 10.8. The van der Waals surface area contributed by atoms with E-state index in [-0.39, 0.29) is 5.91 Å². The van der Waals surface area contributed by atoms with E-state index in [1.807, 2.05) is 42.5 Å². The van der Waals surface area contributed by atoms with Crippen molar-refractivity contribution >= 4 is 39.2 Å². The fourth-order valence-corrected chi connectivity index (χ4v) is 4.08. The van der Waals surface area contributed by atoms with Gasteiger partial charge in [0.15, 0.2) is 4.34 Å². The van der Waals surface area contributed by atoms with Gasteiger partial charge in [-0.1, -0.05) is 36.0 Å². The van der Waals surface area contributed by atoms with Crippen molar-refractivity contribution in [3.05, 3.63) is 59.7 Å². The number of carbonyl (C=O) groups excluding carboxylic acids is 1. The number of aromatic nitrogens is 1. The van der Waals surface area contributed by atoms with Gasteiger partial charge in [0, 0.05) is 25.4 Å². The number of thiazole rings is 1. The minimum Gasteiger partial charge on any atom is -0.345 e. The molecule has 0 spiro atoms. The van der Waals surface area contributed by atoms with E-state index in [2.05, 4.69) is 11.1 Å². The maximum Gasteiger partial charge on any atom is 0.253 e. The fourth-order valence-electron chi connectivity index (χ4n) is 2.06. The zero-order valence-corrected chi connectivity index (χ0v) is 14.1. The van der Waals surface area contributed by atoms with Crippen molar-refractivity contribution in [2.45, 2.75) is 10.1 Å². The van der Waals surface area contributed by atoms with Gasteiger partial charge in [0.1, 0.15) is 0 Å². The molecule has 5 heteroatoms. The first-order valence-electron chi connectivity index (χ1n) is 6.92. The Morgan fingerprint density at radius 2 is 1.86 bits per heavy atom. The molecule has 1 amide bonds. The fraction of sp³-hybridized carbons (Fsp3) is 0.176. The summed E-state index contributed by atoms with van der Waals surface area (Å²) in [7, 11) is 3.53. The van der Waals surface area contributed by atoms with E-state index >= 15 is 0 Å². The van der Waals surface area contributed by atoms with E-state index in [9.17, 15) is 4.79 Å². The summed E-state index contributed by atoms with van der Waals surface area (Å²) in [6, 6.07) is 16.0. The Bertz CT molecular complexity index is 761. The summed E-state index contributed by atoms with van der Waals surface area (Å²) in [4.78, 5) is 18.1. The molecule has 112 valence electrons. The zero-order chi connectivity index (χ0) is 15.5. The Kier molecular flexibility index (Phi) is 4.45. The lowest BCUT2D eigenvalue weighted by Gasteiger charge is -2.10. The quantitative estimate of drug-likeness (QED) is 0.670. The number of fused-ring (bicyclic) bond motifs is 1. The maximum atomic E-state index is 11.8. The molecule has 0 N–H and O–H groups in total. The summed E-state index contributed by atoms with van der Waals surface area (Å²) >= 11 is 3.45. The molecule has 3 aromatic rings. The summed E-state index contributed by atoms with van der Waals surface area (Å²) in [6.45, 7) is 0. The average molecular weight is 328 g/mol. The molecule has 22 heavy (non-hydrogen) atoms. The zero-order valence-electron chi connectivity index (χ0n) is 12.4. The molecule has 1 aromatic heterocycles. The highest BCUT2D eigenvalue weighted by Crippen LogP contribution is 2.31. The molecule has 0 aliphatic heterocycles. The van der Waals surface area contributed by atoms with Gasteiger partial charge in [0.25, 0.3) is 5.91 Å². The highest BCUT2D eigenvalue weighted by Gasteiger charge is 2.08. The molecule has 0 radical (unpaired) electrons. The van der Waals surface area contributed by atoms with Gasteiger partial charge >= 0.3 is 0 Å². The molecule has 0 saturated heterocycles. The predicted molar refractivity (Wildman–Crippen MR) is 93.6 cm³/mol. The van der Waals surface area contributed by atoms with Crippen LogP contribution in [0.1, 0.15) is 15.9 Å². The van der Waals surface area contributed by atoms with Crippen molar-refractivity contribution in [3.63, 3.8) is 0 Å². The van der Waals surface area contributed by atoms with Crippen LogP contribution in [0, 0.1) is 0 Å². The van der Waals surface area contributed by atoms with Crippen molar-refractivity contribution in [1.29, 1.82) is 0 Å². The highest BCUT2D eigenvalue weighted by atomic mass is 32.2. The van der Waals surface area contributed by atoms with Crippen molar-refractivity contribution in [2.24, 2.45) is 0 Å². The number of amides is 1. The second-order valence-electron chi connectivity index (χ2n) is 5.13. The molecule has 1 heterocycles. The Morgan fingerprint density at radius 3 is 2.55 bits per heavy atom. The standard InChI is InChI=1S/C17H16N2OS2/c1-19(2)16(20)13-9-7-12(8-10-13)11-21-17-18-14-5-3-4-6-15(14)22-17/h3-10H,11H2,1-2H3. The molecule has 0 unspecified atom stereocenters. The van der Waals surface area contributed by atoms with Gasteiger partial charge in [-0.05, 0) is 29.8 Å². The van der Waals surface area contributed by atoms with E-state index in [4.69, 9.17) is 0 Å². The van der Waals surface area contributed by atoms with Crippen LogP contribution in [0.15, 0.2) is 52.9 Å². The third kappa shape index (κ3) is 3.31. The second-order valence-corrected chi connectivity index (χ2v) is 7.39. The van der Waals surface area contributed by atoms with Crippen LogP contribution in [0.4, 0.5) is 0 Å². The van der Waals surface area contributed by atoms with Crippen LogP contribution in [0.3, 0.4) is 0 Å². The number of hydrogen-bond acceptors (Lipinski definition) is 4. The molecule has 0 fully saturated rings. The summed E-state index contributed by atoms with van der Waals surface area (Å²) in [5, 5.41) is 0. The van der Waals surface area contributed by atoms with E-state index in [1.165, 1.54) is 10.3 Å². The van der Waals surface area contributed by atoms with Gasteiger partial charge in [0.2, 0.25) is 0 Å². The smallest absolute Gasteiger partial charge is 0.253 e. The number of thioether (sulfide) groups is 1. The van der Waals surface area contributed by atoms with Gasteiger partial charge in [-0.25, -0.2) is 4.98 Å². The van der Waals surface area contributed by atoms with Crippen molar-refractivity contribution < 1.29 is 4.79 Å². The highest BCUT2D eigenvalue weighted by molar-refractivity contribution is 8.00. The van der Waals surface area contributed by atoms with E-state index < -0.39 is 0 Å². The molecule has 0 bridgehead atoms. The molecule has 3 nitrogen and oxygen atoms in total. The molecular formula is C17H16N2OS2. The van der Waals surface area contributed by atoms with Crippen LogP contribution >= 0.6 is 23.1 Å². The first-order chi connectivity index (χ1) is 10.6. The molecule has 2 aromatic carbocycles. The molecule has 0 aliphatic rings. The van der Waals surface area contributed by atoms with Gasteiger partial charge in [-0.15, -0.1) is 11.3 Å². The summed E-state index contributed by atoms with van der Waals surface area (Å²) in [6.07, 6.45) is 0. The van der Waals surface area contributed by atoms with E-state index in [1.54, 1.807) is 42.1 Å². The Hall–Kier alpha value is -1.85. The molecule has 0 saturated carbocycles. The average Bonchev–Trinajstić information content (AvgIpc) is 2.95. The van der Waals surface area contributed by atoms with Crippen LogP contribution in [-0.2, 0) is 5.75 Å². The van der Waals surface area contributed by atoms with Crippen LogP contribution < -0.4 is 0 Å². The molecule has 3 rings (SSSR count). The number of benzene rings is 2. The SMILES string of the molecule is CN(C)C(=O)c1ccc(CSc2nc3ccccc3s2)cc1. The topological polar surface area (TPSA) is 33.2 Å². The number of nitrogens with zero attached hydrogens (tertiary/aromatic N) is 2. The van der Waals surface area contributed by atoms with Crippen LogP contribution in [0.2, 0.25) is 0 Å². The first kappa shape index (κ1) is 15.1. The minimum absolute atomic E-state index is 0.0328. The lowest BCUT2D eigenvalue weighted by molar-refractivity contribution is 0.0827. The number of carbonyl (C=O) groups is 1. The second kappa shape index (κ2) is 6.50. The van der Waals surface area contributed by atoms with Crippen LogP contribution in [0.25, 0.3) is 10.2 Å². The van der Waals surface area contributed by atoms with E-state index in [0.717, 1.165) is 21.2 Å². The van der Waals surface area contributed by atoms with Crippen molar-refractivity contribution in [1.82, 2.24) is 9.88 Å². The van der Waals surface area contributed by atoms with Crippen molar-refractivity contribution in [2.75, 3.05) is 14.1 Å². The largest absolute Gasteiger partial charge is 0.345 e.